The number of amides is 1. The first-order valence-corrected chi connectivity index (χ1v) is 12.2. The number of benzene rings is 3. The number of halogens is 1. The molecular weight excluding hydrogens is 514 g/mol. The topological polar surface area (TPSA) is 96.5 Å². The Kier molecular flexibility index (Phi) is 7.84. The molecule has 3 aromatic rings. The van der Waals surface area contributed by atoms with Gasteiger partial charge in [-0.05, 0) is 85.9 Å². The highest BCUT2D eigenvalue weighted by molar-refractivity contribution is 9.10. The van der Waals surface area contributed by atoms with Crippen molar-refractivity contribution in [2.24, 2.45) is 0 Å². The summed E-state index contributed by atoms with van der Waals surface area (Å²) in [6, 6.07) is 19.5. The second kappa shape index (κ2) is 10.6. The van der Waals surface area contributed by atoms with E-state index in [2.05, 4.69) is 31.3 Å². The van der Waals surface area contributed by atoms with Crippen LogP contribution in [0.2, 0.25) is 0 Å². The molecule has 3 N–H and O–H groups in total. The lowest BCUT2D eigenvalue weighted by Gasteiger charge is -2.12. The van der Waals surface area contributed by atoms with E-state index in [1.807, 2.05) is 13.0 Å². The Morgan fingerprint density at radius 1 is 1.00 bits per heavy atom. The number of hydrogen-bond donors (Lipinski definition) is 3. The van der Waals surface area contributed by atoms with Crippen molar-refractivity contribution in [1.29, 1.82) is 0 Å². The molecule has 3 aromatic carbocycles. The minimum Gasteiger partial charge on any atom is -0.494 e. The molecule has 32 heavy (non-hydrogen) atoms. The van der Waals surface area contributed by atoms with Gasteiger partial charge in [0.1, 0.15) is 5.75 Å². The van der Waals surface area contributed by atoms with Crippen LogP contribution >= 0.6 is 28.1 Å². The first-order chi connectivity index (χ1) is 15.3. The summed E-state index contributed by atoms with van der Waals surface area (Å²) in [5, 5.41) is 5.54. The molecule has 0 heterocycles. The number of ether oxygens (including phenoxy) is 1. The maximum absolute atomic E-state index is 12.6. The third-order valence-corrected chi connectivity index (χ3v) is 6.25. The molecule has 7 nitrogen and oxygen atoms in total. The van der Waals surface area contributed by atoms with Crippen LogP contribution in [0.1, 0.15) is 17.3 Å². The maximum atomic E-state index is 12.6. The molecular formula is C22H20BrN3O4S2. The lowest BCUT2D eigenvalue weighted by molar-refractivity contribution is 0.0977. The zero-order valence-electron chi connectivity index (χ0n) is 17.0. The van der Waals surface area contributed by atoms with Crippen LogP contribution in [-0.2, 0) is 10.0 Å². The second-order valence-electron chi connectivity index (χ2n) is 6.51. The number of nitrogens with one attached hydrogen (secondary N) is 3. The van der Waals surface area contributed by atoms with Crippen LogP contribution in [0.15, 0.2) is 82.2 Å². The van der Waals surface area contributed by atoms with Gasteiger partial charge >= 0.3 is 0 Å². The summed E-state index contributed by atoms with van der Waals surface area (Å²) in [5.41, 5.74) is 1.40. The molecule has 10 heteroatoms. The molecule has 0 spiro atoms. The number of sulfonamides is 1. The molecule has 0 aliphatic rings. The van der Waals surface area contributed by atoms with Crippen LogP contribution in [-0.4, -0.2) is 26.0 Å². The van der Waals surface area contributed by atoms with Crippen molar-refractivity contribution >= 4 is 60.6 Å². The summed E-state index contributed by atoms with van der Waals surface area (Å²) in [5.74, 6) is 0.302. The van der Waals surface area contributed by atoms with E-state index < -0.39 is 10.0 Å². The molecule has 0 fully saturated rings. The van der Waals surface area contributed by atoms with E-state index in [0.717, 1.165) is 4.47 Å². The number of anilines is 2. The number of carbonyl (C=O) groups excluding carboxylic acids is 1. The fraction of sp³-hybridized carbons (Fsp3) is 0.0909. The van der Waals surface area contributed by atoms with Gasteiger partial charge in [-0.15, -0.1) is 0 Å². The van der Waals surface area contributed by atoms with Crippen LogP contribution in [0.5, 0.6) is 5.75 Å². The summed E-state index contributed by atoms with van der Waals surface area (Å²) in [6.45, 7) is 2.40. The molecule has 0 unspecified atom stereocenters. The van der Waals surface area contributed by atoms with E-state index in [9.17, 15) is 13.2 Å². The molecule has 0 saturated heterocycles. The SMILES string of the molecule is CCOc1ccc(NS(=O)(=O)c2ccc(NC(=S)NC(=O)c3cccc(Br)c3)cc2)cc1. The summed E-state index contributed by atoms with van der Waals surface area (Å²) in [4.78, 5) is 12.3. The van der Waals surface area contributed by atoms with E-state index in [1.165, 1.54) is 12.1 Å². The minimum atomic E-state index is -3.77. The Hall–Kier alpha value is -2.95. The molecule has 3 rings (SSSR count). The summed E-state index contributed by atoms with van der Waals surface area (Å²) in [7, 11) is -3.77. The lowest BCUT2D eigenvalue weighted by atomic mass is 10.2. The number of carbonyl (C=O) groups is 1. The van der Waals surface area contributed by atoms with Gasteiger partial charge in [0.25, 0.3) is 15.9 Å². The zero-order chi connectivity index (χ0) is 23.1. The Bertz CT molecular complexity index is 1210. The molecule has 0 aliphatic heterocycles. The number of thiocarbonyl (C=S) groups is 1. The Morgan fingerprint density at radius 2 is 1.66 bits per heavy atom. The van der Waals surface area contributed by atoms with Crippen molar-refractivity contribution in [3.05, 3.63) is 82.8 Å². The quantitative estimate of drug-likeness (QED) is 0.378. The molecule has 1 amide bonds. The monoisotopic (exact) mass is 533 g/mol. The van der Waals surface area contributed by atoms with Gasteiger partial charge < -0.3 is 10.1 Å². The lowest BCUT2D eigenvalue weighted by Crippen LogP contribution is -2.34. The highest BCUT2D eigenvalue weighted by Gasteiger charge is 2.15. The van der Waals surface area contributed by atoms with Gasteiger partial charge in [0.05, 0.1) is 11.5 Å². The van der Waals surface area contributed by atoms with Crippen LogP contribution in [0.4, 0.5) is 11.4 Å². The van der Waals surface area contributed by atoms with Crippen LogP contribution < -0.4 is 20.1 Å². The predicted molar refractivity (Wildman–Crippen MR) is 133 cm³/mol. The van der Waals surface area contributed by atoms with Gasteiger partial charge in [-0.25, -0.2) is 8.42 Å². The summed E-state index contributed by atoms with van der Waals surface area (Å²) < 4.78 is 33.9. The Balaban J connectivity index is 1.61. The molecule has 0 radical (unpaired) electrons. The molecule has 0 aliphatic carbocycles. The number of hydrogen-bond acceptors (Lipinski definition) is 5. The smallest absolute Gasteiger partial charge is 0.261 e. The van der Waals surface area contributed by atoms with E-state index in [-0.39, 0.29) is 15.9 Å². The summed E-state index contributed by atoms with van der Waals surface area (Å²) >= 11 is 8.49. The average Bonchev–Trinajstić information content (AvgIpc) is 2.75. The molecule has 0 bridgehead atoms. The maximum Gasteiger partial charge on any atom is 0.261 e. The fourth-order valence-electron chi connectivity index (χ4n) is 2.68. The molecule has 166 valence electrons. The van der Waals surface area contributed by atoms with Gasteiger partial charge in [-0.1, -0.05) is 22.0 Å². The third-order valence-electron chi connectivity index (χ3n) is 4.15. The highest BCUT2D eigenvalue weighted by atomic mass is 79.9. The van der Waals surface area contributed by atoms with Gasteiger partial charge in [-0.3, -0.25) is 14.8 Å². The second-order valence-corrected chi connectivity index (χ2v) is 9.51. The van der Waals surface area contributed by atoms with Crippen molar-refractivity contribution in [3.8, 4) is 5.75 Å². The zero-order valence-corrected chi connectivity index (χ0v) is 20.2. The summed E-state index contributed by atoms with van der Waals surface area (Å²) in [6.07, 6.45) is 0. The largest absolute Gasteiger partial charge is 0.494 e. The molecule has 0 saturated carbocycles. The normalized spacial score (nSPS) is 10.8. The number of rotatable bonds is 7. The van der Waals surface area contributed by atoms with E-state index in [0.29, 0.717) is 29.3 Å². The van der Waals surface area contributed by atoms with Crippen LogP contribution in [0.3, 0.4) is 0 Å². The molecule has 0 atom stereocenters. The van der Waals surface area contributed by atoms with Gasteiger partial charge in [0, 0.05) is 21.4 Å². The fourth-order valence-corrected chi connectivity index (χ4v) is 4.35. The van der Waals surface area contributed by atoms with Crippen molar-refractivity contribution in [2.75, 3.05) is 16.6 Å². The van der Waals surface area contributed by atoms with Crippen LogP contribution in [0, 0.1) is 0 Å². The first-order valence-electron chi connectivity index (χ1n) is 9.50. The van der Waals surface area contributed by atoms with Gasteiger partial charge in [0.2, 0.25) is 0 Å². The highest BCUT2D eigenvalue weighted by Crippen LogP contribution is 2.21. The van der Waals surface area contributed by atoms with Crippen molar-refractivity contribution in [3.63, 3.8) is 0 Å². The first kappa shape index (κ1) is 23.7. The van der Waals surface area contributed by atoms with Crippen molar-refractivity contribution < 1.29 is 17.9 Å². The third kappa shape index (κ3) is 6.52. The predicted octanol–water partition coefficient (Wildman–Crippen LogP) is 4.78. The van der Waals surface area contributed by atoms with E-state index in [4.69, 9.17) is 17.0 Å². The van der Waals surface area contributed by atoms with Crippen molar-refractivity contribution in [1.82, 2.24) is 5.32 Å². The average molecular weight is 534 g/mol. The van der Waals surface area contributed by atoms with Crippen molar-refractivity contribution in [2.45, 2.75) is 11.8 Å². The van der Waals surface area contributed by atoms with E-state index in [1.54, 1.807) is 54.6 Å². The van der Waals surface area contributed by atoms with E-state index >= 15 is 0 Å². The van der Waals surface area contributed by atoms with Gasteiger partial charge in [-0.2, -0.15) is 0 Å². The van der Waals surface area contributed by atoms with Crippen LogP contribution in [0.25, 0.3) is 0 Å². The Labute approximate surface area is 200 Å². The minimum absolute atomic E-state index is 0.0843. The molecule has 0 aromatic heterocycles. The van der Waals surface area contributed by atoms with Gasteiger partial charge in [0.15, 0.2) is 5.11 Å². The standard InChI is InChI=1S/C22H20BrN3O4S2/c1-2-30-19-10-6-18(7-11-19)26-32(28,29)20-12-8-17(9-13-20)24-22(31)25-21(27)15-4-3-5-16(23)14-15/h3-14,26H,2H2,1H3,(H2,24,25,27,31). The Morgan fingerprint density at radius 3 is 2.28 bits per heavy atom.